The first-order valence-corrected chi connectivity index (χ1v) is 10.1. The van der Waals surface area contributed by atoms with Crippen molar-refractivity contribution in [1.82, 2.24) is 0 Å². The summed E-state index contributed by atoms with van der Waals surface area (Å²) in [5, 5.41) is 11.0. The van der Waals surface area contributed by atoms with Crippen molar-refractivity contribution in [3.63, 3.8) is 0 Å². The molecule has 0 aliphatic heterocycles. The number of halogens is 3. The number of sulfonamides is 1. The van der Waals surface area contributed by atoms with Gasteiger partial charge in [0.2, 0.25) is 0 Å². The van der Waals surface area contributed by atoms with Crippen molar-refractivity contribution in [2.45, 2.75) is 44.0 Å². The molecule has 0 bridgehead atoms. The molecule has 4 nitrogen and oxygen atoms in total. The van der Waals surface area contributed by atoms with Crippen LogP contribution in [0.4, 0.5) is 13.2 Å². The van der Waals surface area contributed by atoms with E-state index in [-0.39, 0.29) is 6.42 Å². The lowest BCUT2D eigenvalue weighted by Crippen LogP contribution is -2.27. The fourth-order valence-corrected chi connectivity index (χ4v) is 2.70. The van der Waals surface area contributed by atoms with Gasteiger partial charge in [-0.25, -0.2) is 0 Å². The van der Waals surface area contributed by atoms with Crippen LogP contribution >= 0.6 is 0 Å². The Labute approximate surface area is 99.6 Å². The third kappa shape index (κ3) is 6.67. The molecule has 0 unspecified atom stereocenters. The third-order valence-electron chi connectivity index (χ3n) is 1.83. The van der Waals surface area contributed by atoms with Crippen LogP contribution in [-0.2, 0) is 10.0 Å². The Bertz CT molecular complexity index is 384. The minimum absolute atomic E-state index is 0.264. The van der Waals surface area contributed by atoms with Crippen molar-refractivity contribution in [3.8, 4) is 0 Å². The van der Waals surface area contributed by atoms with Gasteiger partial charge in [0.25, 0.3) is 0 Å². The van der Waals surface area contributed by atoms with Gasteiger partial charge in [-0.2, -0.15) is 26.0 Å². The summed E-state index contributed by atoms with van der Waals surface area (Å²) in [5.41, 5.74) is -5.50. The quantitative estimate of drug-likeness (QED) is 0.440. The van der Waals surface area contributed by atoms with Crippen LogP contribution < -0.4 is 5.11 Å². The molecular weight excluding hydrogens is 275 g/mol. The van der Waals surface area contributed by atoms with Crippen molar-refractivity contribution in [1.29, 1.82) is 0 Å². The number of nitrogens with zero attached hydrogens (tertiary/aromatic N) is 1. The highest BCUT2D eigenvalue weighted by Gasteiger charge is 2.45. The molecule has 0 saturated carbocycles. The van der Waals surface area contributed by atoms with Gasteiger partial charge in [-0.15, -0.1) is 0 Å². The fourth-order valence-electron chi connectivity index (χ4n) is 1.00. The molecular formula is C8H15F3NO3SSi-. The van der Waals surface area contributed by atoms with Crippen molar-refractivity contribution in [2.75, 3.05) is 0 Å². The summed E-state index contributed by atoms with van der Waals surface area (Å²) in [6, 6.07) is 0.736. The van der Waals surface area contributed by atoms with E-state index in [1.165, 1.54) is 0 Å². The largest absolute Gasteiger partial charge is 0.861 e. The molecule has 0 spiro atoms. The molecule has 0 saturated heterocycles. The average Bonchev–Trinajstić information content (AvgIpc) is 1.97. The first-order chi connectivity index (χ1) is 7.35. The van der Waals surface area contributed by atoms with Crippen molar-refractivity contribution in [3.05, 3.63) is 0 Å². The molecule has 0 N–H and O–H groups in total. The monoisotopic (exact) mass is 290 g/mol. The molecule has 17 heavy (non-hydrogen) atoms. The van der Waals surface area contributed by atoms with Crippen LogP contribution in [0.2, 0.25) is 25.7 Å². The van der Waals surface area contributed by atoms with E-state index in [1.807, 2.05) is 19.6 Å². The van der Waals surface area contributed by atoms with E-state index in [0.717, 1.165) is 6.04 Å². The maximum absolute atomic E-state index is 11.9. The minimum Gasteiger partial charge on any atom is -0.861 e. The maximum atomic E-state index is 11.9. The zero-order chi connectivity index (χ0) is 13.9. The van der Waals surface area contributed by atoms with E-state index in [1.54, 1.807) is 0 Å². The molecule has 0 aromatic carbocycles. The third-order valence-corrected chi connectivity index (χ3v) is 4.71. The summed E-state index contributed by atoms with van der Waals surface area (Å²) >= 11 is 0. The van der Waals surface area contributed by atoms with Gasteiger partial charge in [-0.05, 0) is 12.3 Å². The van der Waals surface area contributed by atoms with Gasteiger partial charge in [0, 0.05) is 8.07 Å². The first-order valence-electron chi connectivity index (χ1n) is 4.92. The van der Waals surface area contributed by atoms with Crippen LogP contribution in [0.5, 0.6) is 0 Å². The second-order valence-electron chi connectivity index (χ2n) is 4.82. The highest BCUT2D eigenvalue weighted by atomic mass is 32.2. The smallest absolute Gasteiger partial charge is 0.518 e. The molecule has 9 heteroatoms. The molecule has 0 fully saturated rings. The molecule has 0 aromatic rings. The predicted octanol–water partition coefficient (Wildman–Crippen LogP) is 1.71. The first kappa shape index (κ1) is 16.4. The summed E-state index contributed by atoms with van der Waals surface area (Å²) in [7, 11) is -7.06. The van der Waals surface area contributed by atoms with Gasteiger partial charge in [-0.1, -0.05) is 32.1 Å². The van der Waals surface area contributed by atoms with E-state index in [9.17, 15) is 26.7 Å². The minimum atomic E-state index is -5.68. The SMILES string of the molecule is C[Si](C)(C)CCC/C([O-])=N/S(=O)(=O)C(F)(F)F. The molecule has 0 radical (unpaired) electrons. The molecule has 102 valence electrons. The maximum Gasteiger partial charge on any atom is 0.518 e. The molecule has 0 aliphatic rings. The second kappa shape index (κ2) is 5.38. The Kier molecular flexibility index (Phi) is 5.20. The number of alkyl halides is 3. The summed E-state index contributed by atoms with van der Waals surface area (Å²) in [6.07, 6.45) is 0.102. The number of hydrogen-bond acceptors (Lipinski definition) is 3. The summed E-state index contributed by atoms with van der Waals surface area (Å²) in [6.45, 7) is 6.13. The topological polar surface area (TPSA) is 69.6 Å². The van der Waals surface area contributed by atoms with Gasteiger partial charge >= 0.3 is 15.5 Å². The lowest BCUT2D eigenvalue weighted by Gasteiger charge is -2.17. The van der Waals surface area contributed by atoms with E-state index in [4.69, 9.17) is 0 Å². The standard InChI is InChI=1S/C8H16F3NO3SSi/c1-17(2,3)6-4-5-7(13)12-16(14,15)8(9,10)11/h4-6H2,1-3H3,(H,12,13)/p-1. The Morgan fingerprint density at radius 1 is 1.29 bits per heavy atom. The molecule has 0 heterocycles. The average molecular weight is 290 g/mol. The van der Waals surface area contributed by atoms with Crippen molar-refractivity contribution >= 4 is 24.0 Å². The van der Waals surface area contributed by atoms with Gasteiger partial charge in [-0.3, -0.25) is 0 Å². The molecule has 0 rings (SSSR count). The zero-order valence-electron chi connectivity index (χ0n) is 9.84. The second-order valence-corrected chi connectivity index (χ2v) is 12.0. The Balaban J connectivity index is 4.49. The van der Waals surface area contributed by atoms with Gasteiger partial charge < -0.3 is 5.11 Å². The highest BCUT2D eigenvalue weighted by molar-refractivity contribution is 7.91. The van der Waals surface area contributed by atoms with Gasteiger partial charge in [0.15, 0.2) is 0 Å². The van der Waals surface area contributed by atoms with Gasteiger partial charge in [0.1, 0.15) is 0 Å². The predicted molar refractivity (Wildman–Crippen MR) is 59.8 cm³/mol. The van der Waals surface area contributed by atoms with Crippen molar-refractivity contribution < 1.29 is 26.7 Å². The van der Waals surface area contributed by atoms with E-state index in [2.05, 4.69) is 4.40 Å². The van der Waals surface area contributed by atoms with Crippen LogP contribution in [-0.4, -0.2) is 27.9 Å². The lowest BCUT2D eigenvalue weighted by atomic mass is 10.3. The zero-order valence-corrected chi connectivity index (χ0v) is 11.7. The van der Waals surface area contributed by atoms with Gasteiger partial charge in [0.05, 0.1) is 0 Å². The molecule has 0 aliphatic carbocycles. The Morgan fingerprint density at radius 2 is 1.76 bits per heavy atom. The fraction of sp³-hybridized carbons (Fsp3) is 0.875. The molecule has 0 amide bonds. The molecule has 0 aromatic heterocycles. The van der Waals surface area contributed by atoms with E-state index < -0.39 is 29.5 Å². The summed E-state index contributed by atoms with van der Waals surface area (Å²) < 4.78 is 58.9. The van der Waals surface area contributed by atoms with Crippen LogP contribution in [0.15, 0.2) is 4.40 Å². The number of rotatable bonds is 5. The Hall–Kier alpha value is -0.573. The summed E-state index contributed by atoms with van der Waals surface area (Å²) in [4.78, 5) is 0. The Morgan fingerprint density at radius 3 is 2.12 bits per heavy atom. The molecule has 0 atom stereocenters. The van der Waals surface area contributed by atoms with Crippen LogP contribution in [0.1, 0.15) is 12.8 Å². The highest BCUT2D eigenvalue weighted by Crippen LogP contribution is 2.24. The number of hydrogen-bond donors (Lipinski definition) is 0. The lowest BCUT2D eigenvalue weighted by molar-refractivity contribution is -0.218. The van der Waals surface area contributed by atoms with Crippen molar-refractivity contribution in [2.24, 2.45) is 4.40 Å². The van der Waals surface area contributed by atoms with E-state index in [0.29, 0.717) is 6.42 Å². The van der Waals surface area contributed by atoms with Crippen LogP contribution in [0.25, 0.3) is 0 Å². The summed E-state index contributed by atoms with van der Waals surface area (Å²) in [5.74, 6) is -1.24. The van der Waals surface area contributed by atoms with E-state index >= 15 is 0 Å². The normalized spacial score (nSPS) is 15.1. The van der Waals surface area contributed by atoms with Crippen LogP contribution in [0, 0.1) is 0 Å². The van der Waals surface area contributed by atoms with Crippen LogP contribution in [0.3, 0.4) is 0 Å².